The normalized spacial score (nSPS) is 18.4. The van der Waals surface area contributed by atoms with E-state index in [1.54, 1.807) is 18.9 Å². The van der Waals surface area contributed by atoms with Crippen LogP contribution in [0.1, 0.15) is 32.1 Å². The second kappa shape index (κ2) is 5.46. The van der Waals surface area contributed by atoms with Gasteiger partial charge in [-0.15, -0.1) is 0 Å². The van der Waals surface area contributed by atoms with Gasteiger partial charge in [-0.05, 0) is 48.9 Å². The standard InChI is InChI=1S/C14H17NOS/c1-15-14(10-4-3-5-11-14)17-13-8-6-12(16-2)7-9-13/h6-9H,3-5,10-11H2,2H3. The van der Waals surface area contributed by atoms with E-state index in [1.165, 1.54) is 24.2 Å². The Bertz CT molecular complexity index is 401. The molecular formula is C14H17NOS. The summed E-state index contributed by atoms with van der Waals surface area (Å²) >= 11 is 1.72. The average Bonchev–Trinajstić information content (AvgIpc) is 2.41. The van der Waals surface area contributed by atoms with E-state index >= 15 is 0 Å². The van der Waals surface area contributed by atoms with E-state index in [9.17, 15) is 0 Å². The minimum atomic E-state index is -0.215. The molecule has 1 aromatic carbocycles. The molecule has 0 radical (unpaired) electrons. The number of ether oxygens (including phenoxy) is 1. The first-order valence-electron chi connectivity index (χ1n) is 6.00. The molecule has 0 atom stereocenters. The van der Waals surface area contributed by atoms with Crippen molar-refractivity contribution < 1.29 is 4.74 Å². The minimum absolute atomic E-state index is 0.215. The summed E-state index contributed by atoms with van der Waals surface area (Å²) in [5, 5.41) is 0. The first-order chi connectivity index (χ1) is 8.28. The maximum absolute atomic E-state index is 7.45. The quantitative estimate of drug-likeness (QED) is 0.736. The van der Waals surface area contributed by atoms with Crippen molar-refractivity contribution >= 4 is 11.8 Å². The molecule has 2 nitrogen and oxygen atoms in total. The second-order valence-electron chi connectivity index (χ2n) is 4.40. The largest absolute Gasteiger partial charge is 0.497 e. The summed E-state index contributed by atoms with van der Waals surface area (Å²) in [5.41, 5.74) is 0. The van der Waals surface area contributed by atoms with E-state index in [0.29, 0.717) is 0 Å². The lowest BCUT2D eigenvalue weighted by Crippen LogP contribution is -2.23. The molecule has 0 amide bonds. The van der Waals surface area contributed by atoms with Crippen LogP contribution >= 0.6 is 11.8 Å². The smallest absolute Gasteiger partial charge is 0.282 e. The number of nitrogens with zero attached hydrogens (tertiary/aromatic N) is 1. The molecule has 0 spiro atoms. The van der Waals surface area contributed by atoms with Crippen LogP contribution in [-0.2, 0) is 0 Å². The van der Waals surface area contributed by atoms with Gasteiger partial charge in [-0.1, -0.05) is 6.42 Å². The van der Waals surface area contributed by atoms with Crippen molar-refractivity contribution in [2.75, 3.05) is 7.11 Å². The van der Waals surface area contributed by atoms with E-state index in [1.807, 2.05) is 24.3 Å². The monoisotopic (exact) mass is 247 g/mol. The fourth-order valence-electron chi connectivity index (χ4n) is 2.20. The number of benzene rings is 1. The van der Waals surface area contributed by atoms with Gasteiger partial charge in [0.2, 0.25) is 0 Å². The first-order valence-corrected chi connectivity index (χ1v) is 6.81. The van der Waals surface area contributed by atoms with Crippen LogP contribution in [0.2, 0.25) is 0 Å². The molecule has 0 N–H and O–H groups in total. The first kappa shape index (κ1) is 12.3. The summed E-state index contributed by atoms with van der Waals surface area (Å²) in [5.74, 6) is 0.870. The summed E-state index contributed by atoms with van der Waals surface area (Å²) in [6, 6.07) is 8.02. The molecule has 2 rings (SSSR count). The Morgan fingerprint density at radius 2 is 1.82 bits per heavy atom. The summed E-state index contributed by atoms with van der Waals surface area (Å²) in [7, 11) is 1.67. The highest BCUT2D eigenvalue weighted by Crippen LogP contribution is 2.45. The van der Waals surface area contributed by atoms with Crippen molar-refractivity contribution in [1.82, 2.24) is 0 Å². The molecule has 0 heterocycles. The lowest BCUT2D eigenvalue weighted by Gasteiger charge is -2.25. The van der Waals surface area contributed by atoms with Gasteiger partial charge in [0.25, 0.3) is 4.87 Å². The number of hydrogen-bond acceptors (Lipinski definition) is 2. The Hall–Kier alpha value is -1.14. The molecule has 3 heteroatoms. The topological polar surface area (TPSA) is 13.6 Å². The zero-order chi connectivity index (χ0) is 12.1. The van der Waals surface area contributed by atoms with Crippen molar-refractivity contribution in [3.63, 3.8) is 0 Å². The van der Waals surface area contributed by atoms with Crippen molar-refractivity contribution in [1.29, 1.82) is 0 Å². The lowest BCUT2D eigenvalue weighted by molar-refractivity contribution is 0.414. The van der Waals surface area contributed by atoms with Crippen LogP contribution in [0.15, 0.2) is 29.2 Å². The molecule has 1 aliphatic rings. The maximum Gasteiger partial charge on any atom is 0.282 e. The Morgan fingerprint density at radius 1 is 1.18 bits per heavy atom. The van der Waals surface area contributed by atoms with Crippen LogP contribution in [0.4, 0.5) is 0 Å². The third-order valence-corrected chi connectivity index (χ3v) is 4.59. The van der Waals surface area contributed by atoms with Crippen LogP contribution in [0.3, 0.4) is 0 Å². The zero-order valence-corrected chi connectivity index (χ0v) is 10.9. The van der Waals surface area contributed by atoms with Crippen LogP contribution in [-0.4, -0.2) is 12.0 Å². The van der Waals surface area contributed by atoms with Gasteiger partial charge in [0.15, 0.2) is 0 Å². The minimum Gasteiger partial charge on any atom is -0.497 e. The van der Waals surface area contributed by atoms with Crippen LogP contribution in [0.5, 0.6) is 5.75 Å². The Morgan fingerprint density at radius 3 is 2.35 bits per heavy atom. The van der Waals surface area contributed by atoms with Gasteiger partial charge in [0.05, 0.1) is 7.11 Å². The van der Waals surface area contributed by atoms with Gasteiger partial charge in [-0.25, -0.2) is 6.57 Å². The highest BCUT2D eigenvalue weighted by molar-refractivity contribution is 8.00. The summed E-state index contributed by atoms with van der Waals surface area (Å²) in [4.78, 5) is 4.85. The fraction of sp³-hybridized carbons (Fsp3) is 0.500. The molecule has 1 aliphatic carbocycles. The van der Waals surface area contributed by atoms with E-state index in [2.05, 4.69) is 4.85 Å². The number of thioether (sulfide) groups is 1. The highest BCUT2D eigenvalue weighted by atomic mass is 32.2. The second-order valence-corrected chi connectivity index (χ2v) is 5.83. The molecule has 0 saturated heterocycles. The maximum atomic E-state index is 7.45. The summed E-state index contributed by atoms with van der Waals surface area (Å²) < 4.78 is 5.14. The van der Waals surface area contributed by atoms with E-state index < -0.39 is 0 Å². The van der Waals surface area contributed by atoms with Crippen LogP contribution in [0, 0.1) is 6.57 Å². The van der Waals surface area contributed by atoms with Gasteiger partial charge < -0.3 is 4.74 Å². The number of rotatable bonds is 3. The van der Waals surface area contributed by atoms with Gasteiger partial charge >= 0.3 is 0 Å². The third kappa shape index (κ3) is 2.95. The lowest BCUT2D eigenvalue weighted by atomic mass is 9.95. The Labute approximate surface area is 107 Å². The molecular weight excluding hydrogens is 230 g/mol. The van der Waals surface area contributed by atoms with E-state index in [0.717, 1.165) is 18.6 Å². The molecule has 17 heavy (non-hydrogen) atoms. The number of methoxy groups -OCH3 is 1. The fourth-order valence-corrected chi connectivity index (χ4v) is 3.45. The summed E-state index contributed by atoms with van der Waals surface area (Å²) in [6.07, 6.45) is 5.69. The Kier molecular flexibility index (Phi) is 3.96. The Balaban J connectivity index is 2.10. The molecule has 0 aromatic heterocycles. The average molecular weight is 247 g/mol. The zero-order valence-electron chi connectivity index (χ0n) is 10.1. The van der Waals surface area contributed by atoms with Crippen LogP contribution in [0.25, 0.3) is 4.85 Å². The highest BCUT2D eigenvalue weighted by Gasteiger charge is 2.39. The van der Waals surface area contributed by atoms with Crippen molar-refractivity contribution in [2.45, 2.75) is 41.9 Å². The molecule has 1 fully saturated rings. The van der Waals surface area contributed by atoms with Crippen molar-refractivity contribution in [3.8, 4) is 5.75 Å². The summed E-state index contributed by atoms with van der Waals surface area (Å²) in [6.45, 7) is 7.45. The van der Waals surface area contributed by atoms with E-state index in [-0.39, 0.29) is 4.87 Å². The van der Waals surface area contributed by atoms with Crippen molar-refractivity contribution in [3.05, 3.63) is 35.7 Å². The number of hydrogen-bond donors (Lipinski definition) is 0. The van der Waals surface area contributed by atoms with E-state index in [4.69, 9.17) is 11.3 Å². The predicted octanol–water partition coefficient (Wildman–Crippen LogP) is 4.37. The van der Waals surface area contributed by atoms with Gasteiger partial charge in [-0.3, -0.25) is 4.85 Å². The molecule has 0 aliphatic heterocycles. The third-order valence-electron chi connectivity index (χ3n) is 3.21. The van der Waals surface area contributed by atoms with Gasteiger partial charge in [0.1, 0.15) is 5.75 Å². The SMILES string of the molecule is [C-]#[N+]C1(Sc2ccc(OC)cc2)CCCCC1. The van der Waals surface area contributed by atoms with Crippen LogP contribution < -0.4 is 4.74 Å². The van der Waals surface area contributed by atoms with Gasteiger partial charge in [-0.2, -0.15) is 0 Å². The molecule has 0 unspecified atom stereocenters. The molecule has 90 valence electrons. The molecule has 1 aromatic rings. The predicted molar refractivity (Wildman–Crippen MR) is 71.3 cm³/mol. The molecule has 1 saturated carbocycles. The van der Waals surface area contributed by atoms with Crippen molar-refractivity contribution in [2.24, 2.45) is 0 Å². The van der Waals surface area contributed by atoms with Gasteiger partial charge in [0, 0.05) is 17.7 Å². The molecule has 0 bridgehead atoms.